The van der Waals surface area contributed by atoms with Crippen LogP contribution in [-0.4, -0.2) is 53.5 Å². The van der Waals surface area contributed by atoms with Crippen molar-refractivity contribution in [1.29, 1.82) is 5.26 Å². The molecule has 0 aliphatic carbocycles. The highest BCUT2D eigenvalue weighted by atomic mass is 16.5. The second kappa shape index (κ2) is 7.52. The normalized spacial score (nSPS) is 22.3. The van der Waals surface area contributed by atoms with Gasteiger partial charge in [-0.3, -0.25) is 4.90 Å². The third-order valence-electron chi connectivity index (χ3n) is 4.01. The molecule has 0 saturated carbocycles. The van der Waals surface area contributed by atoms with Gasteiger partial charge in [0.2, 0.25) is 0 Å². The fourth-order valence-corrected chi connectivity index (χ4v) is 2.85. The Labute approximate surface area is 132 Å². The van der Waals surface area contributed by atoms with E-state index in [1.165, 1.54) is 0 Å². The molecule has 2 atom stereocenters. The first-order valence-corrected chi connectivity index (χ1v) is 7.87. The fraction of sp³-hybridized carbons (Fsp3) is 0.688. The van der Waals surface area contributed by atoms with Gasteiger partial charge in [-0.1, -0.05) is 0 Å². The summed E-state index contributed by atoms with van der Waals surface area (Å²) < 4.78 is 5.74. The maximum atomic E-state index is 9.26. The topological polar surface area (TPSA) is 74.1 Å². The first-order chi connectivity index (χ1) is 10.5. The Morgan fingerprint density at radius 2 is 1.95 bits per heavy atom. The summed E-state index contributed by atoms with van der Waals surface area (Å²) in [6, 6.07) is 2.21. The Morgan fingerprint density at radius 1 is 1.27 bits per heavy atom. The lowest BCUT2D eigenvalue weighted by atomic mass is 10.1. The SMILES string of the molecule is Cc1nnc(NCCCN2C[C@@H](C)O[C@@H](C)C2)c(C#N)c1C. The number of ether oxygens (including phenoxy) is 1. The molecule has 120 valence electrons. The molecule has 0 radical (unpaired) electrons. The van der Waals surface area contributed by atoms with Crippen LogP contribution in [0.25, 0.3) is 0 Å². The molecule has 0 bridgehead atoms. The van der Waals surface area contributed by atoms with Crippen LogP contribution in [0, 0.1) is 25.2 Å². The molecular weight excluding hydrogens is 278 g/mol. The monoisotopic (exact) mass is 303 g/mol. The van der Waals surface area contributed by atoms with Gasteiger partial charge in [0.05, 0.1) is 17.9 Å². The van der Waals surface area contributed by atoms with Crippen molar-refractivity contribution < 1.29 is 4.74 Å². The van der Waals surface area contributed by atoms with Crippen molar-refractivity contribution in [3.05, 3.63) is 16.8 Å². The van der Waals surface area contributed by atoms with Gasteiger partial charge in [0.1, 0.15) is 11.6 Å². The van der Waals surface area contributed by atoms with E-state index >= 15 is 0 Å². The molecule has 1 saturated heterocycles. The highest BCUT2D eigenvalue weighted by Crippen LogP contribution is 2.17. The number of nitrogens with one attached hydrogen (secondary N) is 1. The number of aromatic nitrogens is 2. The summed E-state index contributed by atoms with van der Waals surface area (Å²) >= 11 is 0. The summed E-state index contributed by atoms with van der Waals surface area (Å²) in [6.45, 7) is 11.8. The van der Waals surface area contributed by atoms with E-state index in [4.69, 9.17) is 4.74 Å². The van der Waals surface area contributed by atoms with Crippen molar-refractivity contribution in [2.45, 2.75) is 46.3 Å². The molecule has 0 aromatic carbocycles. The first kappa shape index (κ1) is 16.7. The van der Waals surface area contributed by atoms with Crippen molar-refractivity contribution in [2.24, 2.45) is 0 Å². The lowest BCUT2D eigenvalue weighted by molar-refractivity contribution is -0.0678. The third-order valence-corrected chi connectivity index (χ3v) is 4.01. The third kappa shape index (κ3) is 4.15. The van der Waals surface area contributed by atoms with Gasteiger partial charge in [0, 0.05) is 26.2 Å². The highest BCUT2D eigenvalue weighted by Gasteiger charge is 2.21. The predicted molar refractivity (Wildman–Crippen MR) is 85.8 cm³/mol. The van der Waals surface area contributed by atoms with Gasteiger partial charge in [-0.05, 0) is 39.7 Å². The lowest BCUT2D eigenvalue weighted by Gasteiger charge is -2.35. The predicted octanol–water partition coefficient (Wildman–Crippen LogP) is 1.88. The van der Waals surface area contributed by atoms with Crippen molar-refractivity contribution >= 4 is 5.82 Å². The zero-order chi connectivity index (χ0) is 16.1. The van der Waals surface area contributed by atoms with Crippen LogP contribution in [-0.2, 0) is 4.74 Å². The number of anilines is 1. The molecule has 1 N–H and O–H groups in total. The number of nitrogens with zero attached hydrogens (tertiary/aromatic N) is 4. The number of aryl methyl sites for hydroxylation is 1. The number of rotatable bonds is 5. The van der Waals surface area contributed by atoms with E-state index in [1.54, 1.807) is 0 Å². The number of hydrogen-bond acceptors (Lipinski definition) is 6. The zero-order valence-corrected chi connectivity index (χ0v) is 13.9. The standard InChI is InChI=1S/C16H25N5O/c1-11-9-21(10-12(2)22-11)7-5-6-18-16-15(8-17)13(3)14(4)19-20-16/h11-12H,5-7,9-10H2,1-4H3,(H,18,20)/t11-,12+. The fourth-order valence-electron chi connectivity index (χ4n) is 2.85. The van der Waals surface area contributed by atoms with Crippen LogP contribution in [0.4, 0.5) is 5.82 Å². The Morgan fingerprint density at radius 3 is 2.59 bits per heavy atom. The molecule has 6 nitrogen and oxygen atoms in total. The van der Waals surface area contributed by atoms with Crippen molar-refractivity contribution in [1.82, 2.24) is 15.1 Å². The summed E-state index contributed by atoms with van der Waals surface area (Å²) in [5.41, 5.74) is 2.30. The molecule has 2 heterocycles. The van der Waals surface area contributed by atoms with Crippen molar-refractivity contribution in [2.75, 3.05) is 31.5 Å². The van der Waals surface area contributed by atoms with Gasteiger partial charge in [-0.15, -0.1) is 5.10 Å². The van der Waals surface area contributed by atoms with Gasteiger partial charge >= 0.3 is 0 Å². The van der Waals surface area contributed by atoms with Gasteiger partial charge in [0.25, 0.3) is 0 Å². The lowest BCUT2D eigenvalue weighted by Crippen LogP contribution is -2.45. The Bertz CT molecular complexity index is 544. The molecule has 1 aliphatic rings. The van der Waals surface area contributed by atoms with Gasteiger partial charge in [-0.25, -0.2) is 0 Å². The van der Waals surface area contributed by atoms with E-state index in [2.05, 4.69) is 40.3 Å². The van der Waals surface area contributed by atoms with E-state index in [9.17, 15) is 5.26 Å². The van der Waals surface area contributed by atoms with Crippen molar-refractivity contribution in [3.63, 3.8) is 0 Å². The summed E-state index contributed by atoms with van der Waals surface area (Å²) in [5.74, 6) is 0.592. The molecular formula is C16H25N5O. The van der Waals surface area contributed by atoms with Crippen LogP contribution in [0.3, 0.4) is 0 Å². The molecule has 6 heteroatoms. The van der Waals surface area contributed by atoms with E-state index in [0.717, 1.165) is 43.9 Å². The van der Waals surface area contributed by atoms with Gasteiger partial charge in [0.15, 0.2) is 5.82 Å². The van der Waals surface area contributed by atoms with E-state index in [1.807, 2.05) is 13.8 Å². The minimum atomic E-state index is 0.299. The van der Waals surface area contributed by atoms with Crippen LogP contribution < -0.4 is 5.32 Å². The minimum Gasteiger partial charge on any atom is -0.373 e. The molecule has 0 unspecified atom stereocenters. The average Bonchev–Trinajstić information content (AvgIpc) is 2.46. The second-order valence-electron chi connectivity index (χ2n) is 6.04. The summed E-state index contributed by atoms with van der Waals surface area (Å²) in [4.78, 5) is 2.43. The second-order valence-corrected chi connectivity index (χ2v) is 6.04. The van der Waals surface area contributed by atoms with Gasteiger partial charge < -0.3 is 10.1 Å². The molecule has 0 amide bonds. The van der Waals surface area contributed by atoms with E-state index in [0.29, 0.717) is 23.6 Å². The van der Waals surface area contributed by atoms with Crippen LogP contribution >= 0.6 is 0 Å². The minimum absolute atomic E-state index is 0.299. The molecule has 1 aromatic heterocycles. The highest BCUT2D eigenvalue weighted by molar-refractivity contribution is 5.55. The van der Waals surface area contributed by atoms with Crippen LogP contribution in [0.15, 0.2) is 0 Å². The molecule has 1 aromatic rings. The van der Waals surface area contributed by atoms with E-state index < -0.39 is 0 Å². The zero-order valence-electron chi connectivity index (χ0n) is 13.9. The maximum Gasteiger partial charge on any atom is 0.166 e. The molecule has 22 heavy (non-hydrogen) atoms. The van der Waals surface area contributed by atoms with Crippen LogP contribution in [0.1, 0.15) is 37.1 Å². The Hall–Kier alpha value is -1.71. The first-order valence-electron chi connectivity index (χ1n) is 7.87. The largest absolute Gasteiger partial charge is 0.373 e. The smallest absolute Gasteiger partial charge is 0.166 e. The molecule has 1 fully saturated rings. The molecule has 1 aliphatic heterocycles. The van der Waals surface area contributed by atoms with Gasteiger partial charge in [-0.2, -0.15) is 10.4 Å². The number of nitriles is 1. The number of hydrogen-bond donors (Lipinski definition) is 1. The Balaban J connectivity index is 1.82. The number of morpholine rings is 1. The molecule has 2 rings (SSSR count). The summed E-state index contributed by atoms with van der Waals surface area (Å²) in [6.07, 6.45) is 1.60. The summed E-state index contributed by atoms with van der Waals surface area (Å²) in [7, 11) is 0. The van der Waals surface area contributed by atoms with Crippen LogP contribution in [0.5, 0.6) is 0 Å². The van der Waals surface area contributed by atoms with Crippen molar-refractivity contribution in [3.8, 4) is 6.07 Å². The van der Waals surface area contributed by atoms with Crippen LogP contribution in [0.2, 0.25) is 0 Å². The molecule has 0 spiro atoms. The Kier molecular flexibility index (Phi) is 5.69. The average molecular weight is 303 g/mol. The quantitative estimate of drug-likeness (QED) is 0.837. The summed E-state index contributed by atoms with van der Waals surface area (Å²) in [5, 5.41) is 20.7. The maximum absolute atomic E-state index is 9.26. The van der Waals surface area contributed by atoms with E-state index in [-0.39, 0.29) is 0 Å².